The highest BCUT2D eigenvalue weighted by atomic mass is 35.5. The molecule has 0 fully saturated rings. The van der Waals surface area contributed by atoms with Crippen LogP contribution in [0.15, 0.2) is 66.7 Å². The van der Waals surface area contributed by atoms with Crippen LogP contribution < -0.4 is 5.32 Å². The lowest BCUT2D eigenvalue weighted by Crippen LogP contribution is -2.18. The van der Waals surface area contributed by atoms with Gasteiger partial charge in [-0.25, -0.2) is 4.52 Å². The fourth-order valence-corrected chi connectivity index (χ4v) is 4.17. The summed E-state index contributed by atoms with van der Waals surface area (Å²) in [6, 6.07) is 21.4. The van der Waals surface area contributed by atoms with Crippen LogP contribution in [0.3, 0.4) is 0 Å². The molecule has 1 amide bonds. The molecule has 0 spiro atoms. The van der Waals surface area contributed by atoms with Gasteiger partial charge in [0.25, 0.3) is 5.91 Å². The maximum Gasteiger partial charge on any atom is 0.278 e. The summed E-state index contributed by atoms with van der Waals surface area (Å²) < 4.78 is 1.72. The molecule has 158 valence electrons. The van der Waals surface area contributed by atoms with Crippen LogP contribution in [-0.4, -0.2) is 25.7 Å². The van der Waals surface area contributed by atoms with Gasteiger partial charge in [-0.15, -0.1) is 10.2 Å². The number of amides is 1. The molecular formula is C25H20ClN5O. The summed E-state index contributed by atoms with van der Waals surface area (Å²) in [6.07, 6.45) is 0.728. The Morgan fingerprint density at radius 3 is 2.62 bits per heavy atom. The minimum Gasteiger partial charge on any atom is -0.320 e. The van der Waals surface area contributed by atoms with Crippen LogP contribution in [0, 0.1) is 6.92 Å². The minimum absolute atomic E-state index is 0.215. The monoisotopic (exact) mass is 441 g/mol. The Bertz CT molecular complexity index is 1490. The Kier molecular flexibility index (Phi) is 5.07. The molecule has 0 bridgehead atoms. The highest BCUT2D eigenvalue weighted by Gasteiger charge is 2.22. The molecule has 0 saturated heterocycles. The van der Waals surface area contributed by atoms with Crippen LogP contribution in [0.2, 0.25) is 5.02 Å². The second-order valence-electron chi connectivity index (χ2n) is 7.54. The molecule has 0 aliphatic heterocycles. The summed E-state index contributed by atoms with van der Waals surface area (Å²) >= 11 is 6.03. The van der Waals surface area contributed by atoms with E-state index in [0.717, 1.165) is 34.0 Å². The summed E-state index contributed by atoms with van der Waals surface area (Å²) in [5.41, 5.74) is 4.97. The molecule has 0 aliphatic carbocycles. The van der Waals surface area contributed by atoms with Gasteiger partial charge >= 0.3 is 0 Å². The summed E-state index contributed by atoms with van der Waals surface area (Å²) in [5.74, 6) is -0.362. The molecule has 1 N–H and O–H groups in total. The van der Waals surface area contributed by atoms with Gasteiger partial charge in [0.15, 0.2) is 11.3 Å². The minimum atomic E-state index is -0.362. The number of rotatable bonds is 4. The van der Waals surface area contributed by atoms with E-state index < -0.39 is 0 Å². The maximum absolute atomic E-state index is 12.9. The lowest BCUT2D eigenvalue weighted by Gasteiger charge is -2.09. The highest BCUT2D eigenvalue weighted by Crippen LogP contribution is 2.34. The van der Waals surface area contributed by atoms with Crippen molar-refractivity contribution in [2.75, 3.05) is 5.32 Å². The number of fused-ring (bicyclic) bond motifs is 2. The fraction of sp³-hybridized carbons (Fsp3) is 0.120. The van der Waals surface area contributed by atoms with E-state index in [1.165, 1.54) is 0 Å². The van der Waals surface area contributed by atoms with Gasteiger partial charge in [-0.05, 0) is 47.9 Å². The first kappa shape index (κ1) is 20.2. The highest BCUT2D eigenvalue weighted by molar-refractivity contribution is 6.31. The van der Waals surface area contributed by atoms with Crippen LogP contribution in [0.5, 0.6) is 0 Å². The molecule has 5 aromatic rings. The zero-order chi connectivity index (χ0) is 22.2. The molecule has 6 nitrogen and oxygen atoms in total. The van der Waals surface area contributed by atoms with Crippen molar-refractivity contribution < 1.29 is 4.79 Å². The number of nitrogens with zero attached hydrogens (tertiary/aromatic N) is 4. The molecule has 32 heavy (non-hydrogen) atoms. The van der Waals surface area contributed by atoms with Crippen molar-refractivity contribution in [3.8, 4) is 11.1 Å². The zero-order valence-corrected chi connectivity index (χ0v) is 18.4. The molecule has 0 aliphatic rings. The topological polar surface area (TPSA) is 72.2 Å². The van der Waals surface area contributed by atoms with Gasteiger partial charge in [0.05, 0.1) is 17.0 Å². The molecule has 0 unspecified atom stereocenters. The van der Waals surface area contributed by atoms with Crippen LogP contribution in [0.4, 0.5) is 5.69 Å². The Balaban J connectivity index is 1.64. The molecule has 2 aromatic heterocycles. The number of anilines is 1. The molecule has 0 atom stereocenters. The first-order valence-electron chi connectivity index (χ1n) is 10.4. The van der Waals surface area contributed by atoms with Crippen LogP contribution in [0.1, 0.15) is 28.8 Å². The summed E-state index contributed by atoms with van der Waals surface area (Å²) in [5, 5.41) is 19.2. The summed E-state index contributed by atoms with van der Waals surface area (Å²) in [4.78, 5) is 12.9. The second-order valence-corrected chi connectivity index (χ2v) is 7.97. The predicted octanol–water partition coefficient (Wildman–Crippen LogP) is 5.72. The van der Waals surface area contributed by atoms with Gasteiger partial charge in [0, 0.05) is 10.7 Å². The van der Waals surface area contributed by atoms with Crippen LogP contribution in [-0.2, 0) is 6.42 Å². The van der Waals surface area contributed by atoms with E-state index in [-0.39, 0.29) is 11.6 Å². The third-order valence-electron chi connectivity index (χ3n) is 5.53. The molecule has 7 heteroatoms. The first-order chi connectivity index (χ1) is 15.6. The fourth-order valence-electron chi connectivity index (χ4n) is 3.98. The number of aromatic nitrogens is 4. The number of halogens is 1. The normalized spacial score (nSPS) is 11.2. The quantitative estimate of drug-likeness (QED) is 0.387. The van der Waals surface area contributed by atoms with E-state index in [0.29, 0.717) is 22.1 Å². The number of aryl methyl sites for hydroxylation is 2. The average Bonchev–Trinajstić information content (AvgIpc) is 3.18. The van der Waals surface area contributed by atoms with E-state index in [2.05, 4.69) is 46.7 Å². The standard InChI is InChI=1S/C25H20ClN5O/c1-3-21-22(20-13-6-9-16-8-4-5-12-19(16)20)24-29-28-23(15(2)31(24)30-21)25(32)27-18-11-7-10-17(26)14-18/h4-14H,3H2,1-2H3,(H,27,32). The first-order valence-corrected chi connectivity index (χ1v) is 10.7. The third kappa shape index (κ3) is 3.39. The number of hydrogen-bond acceptors (Lipinski definition) is 4. The van der Waals surface area contributed by atoms with Gasteiger partial charge in [0.1, 0.15) is 0 Å². The molecule has 0 radical (unpaired) electrons. The Labute approximate surface area is 189 Å². The maximum atomic E-state index is 12.9. The van der Waals surface area contributed by atoms with Crippen molar-refractivity contribution in [2.24, 2.45) is 0 Å². The predicted molar refractivity (Wildman–Crippen MR) is 127 cm³/mol. The van der Waals surface area contributed by atoms with E-state index in [1.807, 2.05) is 25.1 Å². The van der Waals surface area contributed by atoms with Crippen molar-refractivity contribution in [3.05, 3.63) is 88.8 Å². The molecule has 0 saturated carbocycles. The average molecular weight is 442 g/mol. The number of carbonyl (C=O) groups is 1. The molecular weight excluding hydrogens is 422 g/mol. The molecule has 2 heterocycles. The van der Waals surface area contributed by atoms with Gasteiger partial charge in [-0.3, -0.25) is 4.79 Å². The zero-order valence-electron chi connectivity index (χ0n) is 17.6. The Hall–Kier alpha value is -3.77. The van der Waals surface area contributed by atoms with Crippen molar-refractivity contribution >= 4 is 39.6 Å². The molecule has 5 rings (SSSR count). The van der Waals surface area contributed by atoms with E-state index >= 15 is 0 Å². The number of carbonyl (C=O) groups excluding carboxylic acids is 1. The number of benzene rings is 3. The van der Waals surface area contributed by atoms with Crippen molar-refractivity contribution in [3.63, 3.8) is 0 Å². The second kappa shape index (κ2) is 8.05. The third-order valence-corrected chi connectivity index (χ3v) is 5.77. The van der Waals surface area contributed by atoms with Gasteiger partial charge in [-0.2, -0.15) is 5.10 Å². The number of hydrogen-bond donors (Lipinski definition) is 1. The van der Waals surface area contributed by atoms with Crippen LogP contribution in [0.25, 0.3) is 27.5 Å². The van der Waals surface area contributed by atoms with Crippen molar-refractivity contribution in [2.45, 2.75) is 20.3 Å². The van der Waals surface area contributed by atoms with Gasteiger partial charge in [-0.1, -0.05) is 67.1 Å². The lowest BCUT2D eigenvalue weighted by molar-refractivity contribution is 0.102. The number of nitrogens with one attached hydrogen (secondary N) is 1. The Morgan fingerprint density at radius 2 is 1.81 bits per heavy atom. The van der Waals surface area contributed by atoms with Crippen molar-refractivity contribution in [1.29, 1.82) is 0 Å². The van der Waals surface area contributed by atoms with Crippen molar-refractivity contribution in [1.82, 2.24) is 19.8 Å². The Morgan fingerprint density at radius 1 is 1.03 bits per heavy atom. The van der Waals surface area contributed by atoms with Gasteiger partial charge < -0.3 is 5.32 Å². The molecule has 3 aromatic carbocycles. The largest absolute Gasteiger partial charge is 0.320 e. The van der Waals surface area contributed by atoms with E-state index in [1.54, 1.807) is 28.8 Å². The van der Waals surface area contributed by atoms with E-state index in [9.17, 15) is 4.79 Å². The van der Waals surface area contributed by atoms with E-state index in [4.69, 9.17) is 16.7 Å². The summed E-state index contributed by atoms with van der Waals surface area (Å²) in [6.45, 7) is 3.89. The smallest absolute Gasteiger partial charge is 0.278 e. The van der Waals surface area contributed by atoms with Crippen LogP contribution >= 0.6 is 11.6 Å². The SMILES string of the molecule is CCc1nn2c(C)c(C(=O)Nc3cccc(Cl)c3)nnc2c1-c1cccc2ccccc12. The summed E-state index contributed by atoms with van der Waals surface area (Å²) in [7, 11) is 0. The van der Waals surface area contributed by atoms with Gasteiger partial charge in [0.2, 0.25) is 0 Å². The lowest BCUT2D eigenvalue weighted by atomic mass is 9.97.